The lowest BCUT2D eigenvalue weighted by molar-refractivity contribution is 0.147. The smallest absolute Gasteiger partial charge is 0.268 e. The SMILES string of the molecule is Cc1ncc(F)c(C(F)F)c1N. The Morgan fingerprint density at radius 1 is 1.50 bits per heavy atom. The number of nitrogens with two attached hydrogens (primary N) is 1. The number of halogens is 3. The average Bonchev–Trinajstić information content (AvgIpc) is 1.97. The predicted octanol–water partition coefficient (Wildman–Crippen LogP) is 2.05. The molecular formula is C7H7F3N2. The summed E-state index contributed by atoms with van der Waals surface area (Å²) in [7, 11) is 0. The zero-order valence-electron chi connectivity index (χ0n) is 6.31. The summed E-state index contributed by atoms with van der Waals surface area (Å²) in [6, 6.07) is 0. The molecule has 66 valence electrons. The molecule has 1 aromatic rings. The van der Waals surface area contributed by atoms with Gasteiger partial charge >= 0.3 is 0 Å². The molecule has 1 heterocycles. The number of nitrogen functional groups attached to an aromatic ring is 1. The average molecular weight is 176 g/mol. The first-order valence-electron chi connectivity index (χ1n) is 3.22. The lowest BCUT2D eigenvalue weighted by atomic mass is 10.2. The van der Waals surface area contributed by atoms with Gasteiger partial charge in [-0.25, -0.2) is 13.2 Å². The van der Waals surface area contributed by atoms with Crippen LogP contribution in [0, 0.1) is 12.7 Å². The first-order chi connectivity index (χ1) is 5.54. The summed E-state index contributed by atoms with van der Waals surface area (Å²) in [6.45, 7) is 1.45. The zero-order valence-corrected chi connectivity index (χ0v) is 6.31. The Morgan fingerprint density at radius 2 is 2.08 bits per heavy atom. The summed E-state index contributed by atoms with van der Waals surface area (Å²) < 4.78 is 36.9. The number of anilines is 1. The highest BCUT2D eigenvalue weighted by Crippen LogP contribution is 2.28. The van der Waals surface area contributed by atoms with Gasteiger partial charge in [0.25, 0.3) is 6.43 Å². The van der Waals surface area contributed by atoms with E-state index in [-0.39, 0.29) is 11.4 Å². The first kappa shape index (κ1) is 8.83. The molecule has 2 nitrogen and oxygen atoms in total. The number of rotatable bonds is 1. The first-order valence-corrected chi connectivity index (χ1v) is 3.22. The molecule has 0 fully saturated rings. The summed E-state index contributed by atoms with van der Waals surface area (Å²) in [5, 5.41) is 0. The molecule has 0 spiro atoms. The standard InChI is InChI=1S/C7H7F3N2/c1-3-6(11)5(7(9)10)4(8)2-12-3/h2,7H,11H2,1H3. The maximum atomic E-state index is 12.7. The number of nitrogens with zero attached hydrogens (tertiary/aromatic N) is 1. The highest BCUT2D eigenvalue weighted by atomic mass is 19.3. The number of pyridine rings is 1. The van der Waals surface area contributed by atoms with Crippen LogP contribution >= 0.6 is 0 Å². The van der Waals surface area contributed by atoms with Crippen LogP contribution in [0.2, 0.25) is 0 Å². The van der Waals surface area contributed by atoms with Crippen LogP contribution in [0.3, 0.4) is 0 Å². The maximum absolute atomic E-state index is 12.7. The topological polar surface area (TPSA) is 38.9 Å². The van der Waals surface area contributed by atoms with E-state index in [1.807, 2.05) is 0 Å². The summed E-state index contributed by atoms with van der Waals surface area (Å²) in [6.07, 6.45) is -2.15. The van der Waals surface area contributed by atoms with Crippen molar-refractivity contribution in [2.24, 2.45) is 0 Å². The third-order valence-electron chi connectivity index (χ3n) is 1.53. The van der Waals surface area contributed by atoms with Crippen LogP contribution < -0.4 is 5.73 Å². The molecule has 12 heavy (non-hydrogen) atoms. The van der Waals surface area contributed by atoms with E-state index in [2.05, 4.69) is 4.98 Å². The molecule has 0 bridgehead atoms. The highest BCUT2D eigenvalue weighted by Gasteiger charge is 2.18. The van der Waals surface area contributed by atoms with Crippen molar-refractivity contribution in [2.45, 2.75) is 13.3 Å². The molecule has 0 saturated heterocycles. The van der Waals surface area contributed by atoms with Gasteiger partial charge in [-0.1, -0.05) is 0 Å². The van der Waals surface area contributed by atoms with Crippen LogP contribution in [-0.4, -0.2) is 4.98 Å². The molecule has 0 aliphatic rings. The minimum absolute atomic E-state index is 0.215. The number of aromatic nitrogens is 1. The molecule has 2 N–H and O–H groups in total. The molecule has 0 saturated carbocycles. The molecule has 0 radical (unpaired) electrons. The molecule has 0 atom stereocenters. The third-order valence-corrected chi connectivity index (χ3v) is 1.53. The van der Waals surface area contributed by atoms with E-state index in [1.54, 1.807) is 0 Å². The Morgan fingerprint density at radius 3 is 2.50 bits per heavy atom. The van der Waals surface area contributed by atoms with Gasteiger partial charge in [0.05, 0.1) is 23.1 Å². The number of hydrogen-bond acceptors (Lipinski definition) is 2. The molecule has 0 unspecified atom stereocenters. The van der Waals surface area contributed by atoms with E-state index in [0.717, 1.165) is 6.20 Å². The van der Waals surface area contributed by atoms with Gasteiger partial charge < -0.3 is 5.73 Å². The van der Waals surface area contributed by atoms with Gasteiger partial charge in [-0.15, -0.1) is 0 Å². The van der Waals surface area contributed by atoms with Crippen molar-refractivity contribution in [1.29, 1.82) is 0 Å². The normalized spacial score (nSPS) is 10.8. The lowest BCUT2D eigenvalue weighted by Gasteiger charge is -2.06. The Hall–Kier alpha value is -1.26. The van der Waals surface area contributed by atoms with Crippen LogP contribution in [0.4, 0.5) is 18.9 Å². The molecule has 0 amide bonds. The molecule has 5 heteroatoms. The second-order valence-electron chi connectivity index (χ2n) is 2.32. The van der Waals surface area contributed by atoms with Crippen molar-refractivity contribution in [2.75, 3.05) is 5.73 Å². The Kier molecular flexibility index (Phi) is 2.21. The van der Waals surface area contributed by atoms with Crippen LogP contribution in [0.25, 0.3) is 0 Å². The van der Waals surface area contributed by atoms with E-state index in [9.17, 15) is 13.2 Å². The third kappa shape index (κ3) is 1.34. The van der Waals surface area contributed by atoms with E-state index in [0.29, 0.717) is 0 Å². The minimum Gasteiger partial charge on any atom is -0.397 e. The molecule has 0 aromatic carbocycles. The fourth-order valence-electron chi connectivity index (χ4n) is 0.838. The minimum atomic E-state index is -2.90. The van der Waals surface area contributed by atoms with Crippen LogP contribution in [0.1, 0.15) is 17.7 Å². The fraction of sp³-hybridized carbons (Fsp3) is 0.286. The predicted molar refractivity (Wildman–Crippen MR) is 38.3 cm³/mol. The van der Waals surface area contributed by atoms with Gasteiger partial charge in [0.1, 0.15) is 0 Å². The quantitative estimate of drug-likeness (QED) is 0.711. The Labute approximate surface area is 67.2 Å². The van der Waals surface area contributed by atoms with Crippen LogP contribution in [-0.2, 0) is 0 Å². The van der Waals surface area contributed by atoms with Crippen LogP contribution in [0.5, 0.6) is 0 Å². The second-order valence-corrected chi connectivity index (χ2v) is 2.32. The van der Waals surface area contributed by atoms with Crippen molar-refractivity contribution in [3.8, 4) is 0 Å². The van der Waals surface area contributed by atoms with Crippen molar-refractivity contribution in [3.63, 3.8) is 0 Å². The van der Waals surface area contributed by atoms with Gasteiger partial charge in [-0.05, 0) is 6.92 Å². The number of alkyl halides is 2. The maximum Gasteiger partial charge on any atom is 0.268 e. The lowest BCUT2D eigenvalue weighted by Crippen LogP contribution is -2.03. The Bertz CT molecular complexity index is 299. The van der Waals surface area contributed by atoms with Crippen molar-refractivity contribution in [3.05, 3.63) is 23.3 Å². The summed E-state index contributed by atoms with van der Waals surface area (Å²) in [5.41, 5.74) is 4.38. The van der Waals surface area contributed by atoms with Crippen molar-refractivity contribution in [1.82, 2.24) is 4.98 Å². The molecule has 0 aliphatic carbocycles. The van der Waals surface area contributed by atoms with E-state index in [4.69, 9.17) is 5.73 Å². The van der Waals surface area contributed by atoms with Crippen LogP contribution in [0.15, 0.2) is 6.20 Å². The molecule has 0 aliphatic heterocycles. The van der Waals surface area contributed by atoms with E-state index < -0.39 is 17.8 Å². The zero-order chi connectivity index (χ0) is 9.30. The van der Waals surface area contributed by atoms with Gasteiger partial charge in [0.15, 0.2) is 5.82 Å². The number of aryl methyl sites for hydroxylation is 1. The van der Waals surface area contributed by atoms with Crippen molar-refractivity contribution < 1.29 is 13.2 Å². The van der Waals surface area contributed by atoms with E-state index in [1.165, 1.54) is 6.92 Å². The highest BCUT2D eigenvalue weighted by molar-refractivity contribution is 5.50. The monoisotopic (exact) mass is 176 g/mol. The van der Waals surface area contributed by atoms with Gasteiger partial charge in [-0.2, -0.15) is 0 Å². The van der Waals surface area contributed by atoms with Crippen molar-refractivity contribution >= 4 is 5.69 Å². The summed E-state index contributed by atoms with van der Waals surface area (Å²) in [4.78, 5) is 3.49. The van der Waals surface area contributed by atoms with Gasteiger partial charge in [0, 0.05) is 0 Å². The summed E-state index contributed by atoms with van der Waals surface area (Å²) >= 11 is 0. The van der Waals surface area contributed by atoms with Gasteiger partial charge in [-0.3, -0.25) is 4.98 Å². The second kappa shape index (κ2) is 3.00. The van der Waals surface area contributed by atoms with Gasteiger partial charge in [0.2, 0.25) is 0 Å². The molecule has 1 rings (SSSR count). The molecular weight excluding hydrogens is 169 g/mol. The molecule has 1 aromatic heterocycles. The number of hydrogen-bond donors (Lipinski definition) is 1. The fourth-order valence-corrected chi connectivity index (χ4v) is 0.838. The largest absolute Gasteiger partial charge is 0.397 e. The van der Waals surface area contributed by atoms with E-state index >= 15 is 0 Å². The summed E-state index contributed by atoms with van der Waals surface area (Å²) in [5.74, 6) is -1.06. The Balaban J connectivity index is 3.33.